The van der Waals surface area contributed by atoms with Gasteiger partial charge >= 0.3 is 0 Å². The first-order valence-corrected chi connectivity index (χ1v) is 14.3. The maximum atomic E-state index is 4.71. The Morgan fingerprint density at radius 1 is 0.357 bits per heavy atom. The summed E-state index contributed by atoms with van der Waals surface area (Å²) in [5.41, 5.74) is 9.25. The van der Waals surface area contributed by atoms with Crippen LogP contribution in [0.2, 0.25) is 0 Å². The van der Waals surface area contributed by atoms with E-state index in [1.807, 2.05) is 24.5 Å². The van der Waals surface area contributed by atoms with E-state index < -0.39 is 0 Å². The predicted molar refractivity (Wildman–Crippen MR) is 177 cm³/mol. The molecule has 0 unspecified atom stereocenters. The Balaban J connectivity index is 1.24. The Hall–Kier alpha value is -5.60. The lowest BCUT2D eigenvalue weighted by Gasteiger charge is -2.17. The molecule has 0 aliphatic heterocycles. The van der Waals surface area contributed by atoms with Crippen LogP contribution in [0.25, 0.3) is 87.5 Å². The number of rotatable bonds is 3. The van der Waals surface area contributed by atoms with Crippen molar-refractivity contribution in [1.29, 1.82) is 0 Å². The standard InChI is InChI=1S/C40H24N2/c1-2-9-37-30(5-1)23-32(24-42-37)27-6-3-7-28(21-27)33-15-10-25-13-18-36-34(16-11-26-12-17-35(33)39(25)40(26)36)29-14-19-38-31(22-29)8-4-20-41-38/h1-24H. The summed E-state index contributed by atoms with van der Waals surface area (Å²) < 4.78 is 0. The molecule has 0 saturated heterocycles. The summed E-state index contributed by atoms with van der Waals surface area (Å²) in [6.45, 7) is 0. The van der Waals surface area contributed by atoms with Crippen LogP contribution < -0.4 is 0 Å². The van der Waals surface area contributed by atoms with Crippen molar-refractivity contribution in [3.05, 3.63) is 146 Å². The Morgan fingerprint density at radius 2 is 0.976 bits per heavy atom. The molecule has 0 bridgehead atoms. The lowest BCUT2D eigenvalue weighted by Crippen LogP contribution is -1.90. The van der Waals surface area contributed by atoms with E-state index in [1.54, 1.807) is 0 Å². The first-order valence-electron chi connectivity index (χ1n) is 14.3. The van der Waals surface area contributed by atoms with Gasteiger partial charge in [-0.25, -0.2) is 0 Å². The Kier molecular flexibility index (Phi) is 4.93. The third kappa shape index (κ3) is 3.52. The smallest absolute Gasteiger partial charge is 0.0702 e. The second-order valence-corrected chi connectivity index (χ2v) is 11.1. The van der Waals surface area contributed by atoms with Crippen molar-refractivity contribution in [3.63, 3.8) is 0 Å². The topological polar surface area (TPSA) is 25.8 Å². The van der Waals surface area contributed by atoms with Gasteiger partial charge in [0.25, 0.3) is 0 Å². The van der Waals surface area contributed by atoms with Gasteiger partial charge in [0.2, 0.25) is 0 Å². The van der Waals surface area contributed by atoms with Crippen LogP contribution in [-0.4, -0.2) is 9.97 Å². The number of pyridine rings is 2. The molecule has 0 fully saturated rings. The molecule has 2 heterocycles. The van der Waals surface area contributed by atoms with E-state index in [2.05, 4.69) is 126 Å². The zero-order valence-electron chi connectivity index (χ0n) is 22.8. The molecule has 0 N–H and O–H groups in total. The first kappa shape index (κ1) is 23.1. The second-order valence-electron chi connectivity index (χ2n) is 11.1. The number of hydrogen-bond donors (Lipinski definition) is 0. The number of benzene rings is 7. The van der Waals surface area contributed by atoms with Gasteiger partial charge < -0.3 is 0 Å². The number of aromatic nitrogens is 2. The van der Waals surface area contributed by atoms with Crippen molar-refractivity contribution in [3.8, 4) is 33.4 Å². The van der Waals surface area contributed by atoms with Crippen LogP contribution in [0.5, 0.6) is 0 Å². The van der Waals surface area contributed by atoms with Gasteiger partial charge in [0.15, 0.2) is 0 Å². The first-order chi connectivity index (χ1) is 20.8. The van der Waals surface area contributed by atoms with Crippen molar-refractivity contribution in [1.82, 2.24) is 9.97 Å². The fraction of sp³-hybridized carbons (Fsp3) is 0. The zero-order chi connectivity index (χ0) is 27.6. The van der Waals surface area contributed by atoms with E-state index >= 15 is 0 Å². The minimum atomic E-state index is 1.02. The fourth-order valence-electron chi connectivity index (χ4n) is 6.64. The highest BCUT2D eigenvalue weighted by Crippen LogP contribution is 2.43. The fourth-order valence-corrected chi connectivity index (χ4v) is 6.64. The zero-order valence-corrected chi connectivity index (χ0v) is 22.8. The maximum Gasteiger partial charge on any atom is 0.0702 e. The van der Waals surface area contributed by atoms with Crippen LogP contribution in [0, 0.1) is 0 Å². The molecule has 0 aliphatic rings. The summed E-state index contributed by atoms with van der Waals surface area (Å²) in [5, 5.41) is 10.0. The predicted octanol–water partition coefficient (Wildman–Crippen LogP) is 10.7. The van der Waals surface area contributed by atoms with Gasteiger partial charge in [-0.2, -0.15) is 0 Å². The average molecular weight is 533 g/mol. The molecule has 0 spiro atoms. The largest absolute Gasteiger partial charge is 0.256 e. The molecule has 0 aliphatic carbocycles. The summed E-state index contributed by atoms with van der Waals surface area (Å²) >= 11 is 0. The van der Waals surface area contributed by atoms with Gasteiger partial charge in [0.05, 0.1) is 11.0 Å². The van der Waals surface area contributed by atoms with Crippen molar-refractivity contribution in [2.24, 2.45) is 0 Å². The maximum absolute atomic E-state index is 4.71. The SMILES string of the molecule is c1cc(-c2cnc3ccccc3c2)cc(-c2ccc3ccc4c(-c5ccc6ncccc6c5)ccc5ccc2c3c54)c1. The minimum Gasteiger partial charge on any atom is -0.256 e. The molecule has 2 aromatic heterocycles. The quantitative estimate of drug-likeness (QED) is 0.212. The molecule has 2 nitrogen and oxygen atoms in total. The molecule has 194 valence electrons. The molecular formula is C40H24N2. The molecule has 9 rings (SSSR count). The second kappa shape index (κ2) is 8.95. The van der Waals surface area contributed by atoms with Crippen LogP contribution >= 0.6 is 0 Å². The number of nitrogens with zero attached hydrogens (tertiary/aromatic N) is 2. The monoisotopic (exact) mass is 532 g/mol. The van der Waals surface area contributed by atoms with Gasteiger partial charge in [-0.3, -0.25) is 9.97 Å². The molecule has 0 amide bonds. The van der Waals surface area contributed by atoms with Gasteiger partial charge in [-0.15, -0.1) is 0 Å². The lowest BCUT2D eigenvalue weighted by atomic mass is 9.87. The van der Waals surface area contributed by atoms with Crippen molar-refractivity contribution < 1.29 is 0 Å². The van der Waals surface area contributed by atoms with E-state index in [0.29, 0.717) is 0 Å². The minimum absolute atomic E-state index is 1.02. The summed E-state index contributed by atoms with van der Waals surface area (Å²) in [4.78, 5) is 9.23. The van der Waals surface area contributed by atoms with Crippen LogP contribution in [0.1, 0.15) is 0 Å². The lowest BCUT2D eigenvalue weighted by molar-refractivity contribution is 1.41. The normalized spacial score (nSPS) is 11.8. The molecule has 42 heavy (non-hydrogen) atoms. The van der Waals surface area contributed by atoms with Crippen LogP contribution in [0.3, 0.4) is 0 Å². The van der Waals surface area contributed by atoms with Gasteiger partial charge in [0.1, 0.15) is 0 Å². The molecule has 0 radical (unpaired) electrons. The summed E-state index contributed by atoms with van der Waals surface area (Å²) in [6, 6.07) is 48.3. The average Bonchev–Trinajstić information content (AvgIpc) is 3.06. The van der Waals surface area contributed by atoms with Crippen LogP contribution in [-0.2, 0) is 0 Å². The number of para-hydroxylation sites is 1. The number of fused-ring (bicyclic) bond motifs is 2. The van der Waals surface area contributed by atoms with E-state index in [-0.39, 0.29) is 0 Å². The van der Waals surface area contributed by atoms with Crippen LogP contribution in [0.4, 0.5) is 0 Å². The van der Waals surface area contributed by atoms with Crippen molar-refractivity contribution in [2.75, 3.05) is 0 Å². The Morgan fingerprint density at radius 3 is 1.76 bits per heavy atom. The molecule has 0 atom stereocenters. The number of hydrogen-bond acceptors (Lipinski definition) is 2. The third-order valence-electron chi connectivity index (χ3n) is 8.68. The highest BCUT2D eigenvalue weighted by molar-refractivity contribution is 6.27. The molecule has 2 heteroatoms. The molecular weight excluding hydrogens is 508 g/mol. The highest BCUT2D eigenvalue weighted by atomic mass is 14.6. The molecule has 0 saturated carbocycles. The van der Waals surface area contributed by atoms with Crippen LogP contribution in [0.15, 0.2) is 146 Å². The Bertz CT molecular complexity index is 2470. The highest BCUT2D eigenvalue weighted by Gasteiger charge is 2.15. The van der Waals surface area contributed by atoms with Crippen molar-refractivity contribution >= 4 is 54.1 Å². The summed E-state index contributed by atoms with van der Waals surface area (Å²) in [7, 11) is 0. The van der Waals surface area contributed by atoms with Gasteiger partial charge in [-0.05, 0) is 96.5 Å². The van der Waals surface area contributed by atoms with E-state index in [4.69, 9.17) is 4.98 Å². The summed E-state index contributed by atoms with van der Waals surface area (Å²) in [6.07, 6.45) is 3.83. The molecule has 9 aromatic rings. The molecule has 7 aromatic carbocycles. The van der Waals surface area contributed by atoms with E-state index in [0.717, 1.165) is 27.4 Å². The van der Waals surface area contributed by atoms with Crippen molar-refractivity contribution in [2.45, 2.75) is 0 Å². The third-order valence-corrected chi connectivity index (χ3v) is 8.68. The van der Waals surface area contributed by atoms with E-state index in [1.165, 1.54) is 60.1 Å². The summed E-state index contributed by atoms with van der Waals surface area (Å²) in [5.74, 6) is 0. The Labute approximate surface area is 242 Å². The van der Waals surface area contributed by atoms with Gasteiger partial charge in [-0.1, -0.05) is 97.1 Å². The van der Waals surface area contributed by atoms with Gasteiger partial charge in [0, 0.05) is 28.7 Å². The van der Waals surface area contributed by atoms with E-state index in [9.17, 15) is 0 Å².